The van der Waals surface area contributed by atoms with Crippen LogP contribution >= 0.6 is 0 Å². The lowest BCUT2D eigenvalue weighted by Gasteiger charge is -2.22. The van der Waals surface area contributed by atoms with Crippen molar-refractivity contribution in [2.45, 2.75) is 101 Å². The zero-order valence-corrected chi connectivity index (χ0v) is 30.8. The first-order chi connectivity index (χ1) is 21.5. The Hall–Kier alpha value is -3.79. The molecule has 1 aliphatic heterocycles. The summed E-state index contributed by atoms with van der Waals surface area (Å²) in [7, 11) is 1.95. The molecular formula is C42H61N3O. The fraction of sp³-hybridized carbons (Fsp3) is 0.452. The molecule has 46 heavy (non-hydrogen) atoms. The third-order valence-corrected chi connectivity index (χ3v) is 8.60. The Balaban J connectivity index is 0.000000303. The highest BCUT2D eigenvalue weighted by Crippen LogP contribution is 2.31. The maximum atomic E-state index is 12.3. The summed E-state index contributed by atoms with van der Waals surface area (Å²) in [5.41, 5.74) is 12.7. The summed E-state index contributed by atoms with van der Waals surface area (Å²) in [6.07, 6.45) is 7.87. The van der Waals surface area contributed by atoms with Crippen molar-refractivity contribution < 1.29 is 4.79 Å². The molecule has 0 saturated heterocycles. The molecule has 4 heteroatoms. The summed E-state index contributed by atoms with van der Waals surface area (Å²) in [4.78, 5) is 14.8. The molecule has 0 aromatic heterocycles. The van der Waals surface area contributed by atoms with Gasteiger partial charge in [0.15, 0.2) is 0 Å². The number of hydrogen-bond acceptors (Lipinski definition) is 3. The number of para-hydroxylation sites is 1. The summed E-state index contributed by atoms with van der Waals surface area (Å²) in [6, 6.07) is 17.3. The smallest absolute Gasteiger partial charge is 0.224 e. The second-order valence-electron chi connectivity index (χ2n) is 14.7. The van der Waals surface area contributed by atoms with Crippen molar-refractivity contribution in [1.29, 1.82) is 0 Å². The van der Waals surface area contributed by atoms with Crippen LogP contribution in [0.25, 0.3) is 6.08 Å². The molecule has 0 aliphatic carbocycles. The standard InChI is InChI=1S/C23H30N2O.C11H15N.C8H16/c1-16-12-18(15-25-11-10-19-8-6-7-9-20(19)25)13-17(2)22(16)24-21(26)14-23(3,4)5;1-5-10-6-8(2)11(12-4)9(3)7-10;1-5-7-8(3,4)6-2/h6-9,12-13H,10-11,14-15H2,1-5H3,(H,24,26);5-7,12H,1H2,2-4H3;5H,1,6-7H2,2-4H3. The van der Waals surface area contributed by atoms with Crippen molar-refractivity contribution in [3.63, 3.8) is 0 Å². The fourth-order valence-corrected chi connectivity index (χ4v) is 5.84. The molecule has 2 N–H and O–H groups in total. The maximum Gasteiger partial charge on any atom is 0.224 e. The number of nitrogens with one attached hydrogen (secondary N) is 2. The maximum absolute atomic E-state index is 12.3. The molecule has 0 radical (unpaired) electrons. The van der Waals surface area contributed by atoms with Crippen molar-refractivity contribution in [2.24, 2.45) is 10.8 Å². The van der Waals surface area contributed by atoms with Gasteiger partial charge in [-0.1, -0.05) is 97.0 Å². The van der Waals surface area contributed by atoms with E-state index in [2.05, 4.69) is 146 Å². The van der Waals surface area contributed by atoms with Gasteiger partial charge in [-0.05, 0) is 109 Å². The lowest BCUT2D eigenvalue weighted by molar-refractivity contribution is -0.117. The number of fused-ring (bicyclic) bond motifs is 1. The zero-order chi connectivity index (χ0) is 34.7. The molecule has 0 saturated carbocycles. The average molecular weight is 624 g/mol. The van der Waals surface area contributed by atoms with Crippen LogP contribution in [0.2, 0.25) is 0 Å². The van der Waals surface area contributed by atoms with Crippen LogP contribution in [0.3, 0.4) is 0 Å². The summed E-state index contributed by atoms with van der Waals surface area (Å²) >= 11 is 0. The highest BCUT2D eigenvalue weighted by molar-refractivity contribution is 5.92. The van der Waals surface area contributed by atoms with E-state index in [0.29, 0.717) is 11.8 Å². The molecular weight excluding hydrogens is 562 g/mol. The second-order valence-corrected chi connectivity index (χ2v) is 14.7. The number of allylic oxidation sites excluding steroid dienone is 1. The fourth-order valence-electron chi connectivity index (χ4n) is 5.84. The molecule has 1 aliphatic rings. The Bertz CT molecular complexity index is 1430. The molecule has 4 nitrogen and oxygen atoms in total. The van der Waals surface area contributed by atoms with Crippen LogP contribution < -0.4 is 15.5 Å². The van der Waals surface area contributed by atoms with Crippen molar-refractivity contribution in [1.82, 2.24) is 0 Å². The number of carbonyl (C=O) groups excluding carboxylic acids is 1. The van der Waals surface area contributed by atoms with Crippen LogP contribution in [-0.2, 0) is 17.8 Å². The molecule has 0 spiro atoms. The van der Waals surface area contributed by atoms with Gasteiger partial charge in [0.1, 0.15) is 0 Å². The van der Waals surface area contributed by atoms with E-state index in [1.807, 2.05) is 19.2 Å². The molecule has 1 amide bonds. The van der Waals surface area contributed by atoms with E-state index >= 15 is 0 Å². The minimum Gasteiger partial charge on any atom is -0.388 e. The summed E-state index contributed by atoms with van der Waals surface area (Å²) in [6.45, 7) is 30.8. The Kier molecular flexibility index (Phi) is 14.4. The van der Waals surface area contributed by atoms with Gasteiger partial charge in [-0.2, -0.15) is 0 Å². The molecule has 250 valence electrons. The van der Waals surface area contributed by atoms with Gasteiger partial charge in [-0.15, -0.1) is 6.58 Å². The largest absolute Gasteiger partial charge is 0.388 e. The average Bonchev–Trinajstić information content (AvgIpc) is 3.37. The third-order valence-electron chi connectivity index (χ3n) is 8.60. The lowest BCUT2D eigenvalue weighted by Crippen LogP contribution is -2.21. The van der Waals surface area contributed by atoms with Crippen LogP contribution in [0.15, 0.2) is 67.8 Å². The van der Waals surface area contributed by atoms with Gasteiger partial charge < -0.3 is 15.5 Å². The van der Waals surface area contributed by atoms with Crippen LogP contribution in [0.1, 0.15) is 99.7 Å². The number of hydrogen-bond donors (Lipinski definition) is 2. The van der Waals surface area contributed by atoms with Gasteiger partial charge in [0.05, 0.1) is 0 Å². The molecule has 0 unspecified atom stereocenters. The van der Waals surface area contributed by atoms with Crippen molar-refractivity contribution in [2.75, 3.05) is 29.1 Å². The van der Waals surface area contributed by atoms with Gasteiger partial charge >= 0.3 is 0 Å². The second kappa shape index (κ2) is 17.2. The van der Waals surface area contributed by atoms with Gasteiger partial charge in [0.25, 0.3) is 0 Å². The molecule has 0 fully saturated rings. The number of rotatable bonds is 9. The van der Waals surface area contributed by atoms with E-state index < -0.39 is 0 Å². The Labute approximate surface area is 281 Å². The van der Waals surface area contributed by atoms with Crippen molar-refractivity contribution in [3.8, 4) is 0 Å². The molecule has 0 bridgehead atoms. The minimum absolute atomic E-state index is 0.00498. The quantitative estimate of drug-likeness (QED) is 0.233. The predicted molar refractivity (Wildman–Crippen MR) is 204 cm³/mol. The van der Waals surface area contributed by atoms with Crippen LogP contribution in [-0.4, -0.2) is 19.5 Å². The van der Waals surface area contributed by atoms with Crippen LogP contribution in [0.5, 0.6) is 0 Å². The number of anilines is 3. The summed E-state index contributed by atoms with van der Waals surface area (Å²) in [5, 5.41) is 6.30. The summed E-state index contributed by atoms with van der Waals surface area (Å²) in [5.74, 6) is 0.0879. The zero-order valence-electron chi connectivity index (χ0n) is 30.8. The molecule has 3 aromatic carbocycles. The molecule has 0 atom stereocenters. The van der Waals surface area contributed by atoms with E-state index in [9.17, 15) is 4.79 Å². The Morgan fingerprint density at radius 2 is 1.46 bits per heavy atom. The van der Waals surface area contributed by atoms with Crippen LogP contribution in [0, 0.1) is 38.5 Å². The number of aryl methyl sites for hydroxylation is 4. The van der Waals surface area contributed by atoms with Gasteiger partial charge in [0.2, 0.25) is 5.91 Å². The van der Waals surface area contributed by atoms with Crippen LogP contribution in [0.4, 0.5) is 17.1 Å². The summed E-state index contributed by atoms with van der Waals surface area (Å²) < 4.78 is 0. The molecule has 3 aromatic rings. The lowest BCUT2D eigenvalue weighted by atomic mass is 9.87. The molecule has 1 heterocycles. The normalized spacial score (nSPS) is 12.2. The highest BCUT2D eigenvalue weighted by atomic mass is 16.1. The molecule has 4 rings (SSSR count). The third kappa shape index (κ3) is 11.9. The number of nitrogens with zero attached hydrogens (tertiary/aromatic N) is 1. The number of benzene rings is 3. The van der Waals surface area contributed by atoms with Gasteiger partial charge in [-0.25, -0.2) is 0 Å². The van der Waals surface area contributed by atoms with E-state index in [1.54, 1.807) is 0 Å². The van der Waals surface area contributed by atoms with E-state index in [0.717, 1.165) is 42.7 Å². The first-order valence-corrected chi connectivity index (χ1v) is 16.8. The van der Waals surface area contributed by atoms with E-state index in [1.165, 1.54) is 45.6 Å². The highest BCUT2D eigenvalue weighted by Gasteiger charge is 2.20. The Morgan fingerprint density at radius 1 is 0.891 bits per heavy atom. The van der Waals surface area contributed by atoms with Gasteiger partial charge in [0, 0.05) is 43.6 Å². The minimum atomic E-state index is -0.00498. The predicted octanol–water partition coefficient (Wildman–Crippen LogP) is 11.2. The number of amides is 1. The SMILES string of the molecule is C=CCC(C)(C)CC.C=Cc1cc(C)c(NC)c(C)c1.Cc1cc(CN2CCc3ccccc32)cc(C)c1NC(=O)CC(C)(C)C. The first kappa shape index (κ1) is 38.4. The van der Waals surface area contributed by atoms with Crippen molar-refractivity contribution >= 4 is 29.0 Å². The number of carbonyl (C=O) groups is 1. The topological polar surface area (TPSA) is 44.4 Å². The van der Waals surface area contributed by atoms with E-state index in [4.69, 9.17) is 0 Å². The first-order valence-electron chi connectivity index (χ1n) is 16.8. The monoisotopic (exact) mass is 623 g/mol. The van der Waals surface area contributed by atoms with Crippen molar-refractivity contribution in [3.05, 3.63) is 107 Å². The Morgan fingerprint density at radius 3 is 1.93 bits per heavy atom. The van der Waals surface area contributed by atoms with E-state index in [-0.39, 0.29) is 11.3 Å². The van der Waals surface area contributed by atoms with Gasteiger partial charge in [-0.3, -0.25) is 4.79 Å².